The van der Waals surface area contributed by atoms with Gasteiger partial charge in [-0.1, -0.05) is 11.6 Å². The lowest BCUT2D eigenvalue weighted by atomic mass is 10.1. The predicted octanol–water partition coefficient (Wildman–Crippen LogP) is 1.14. The summed E-state index contributed by atoms with van der Waals surface area (Å²) in [7, 11) is 0. The molecule has 1 aromatic heterocycles. The molecule has 0 saturated carbocycles. The highest BCUT2D eigenvalue weighted by molar-refractivity contribution is 5.78. The van der Waals surface area contributed by atoms with Gasteiger partial charge in [-0.15, -0.1) is 0 Å². The molecule has 1 aliphatic carbocycles. The smallest absolute Gasteiger partial charge is 0.227 e. The van der Waals surface area contributed by atoms with Crippen LogP contribution in [0.4, 0.5) is 0 Å². The maximum absolute atomic E-state index is 12.5. The third-order valence-electron chi connectivity index (χ3n) is 4.41. The second kappa shape index (κ2) is 6.62. The molecule has 0 spiro atoms. The minimum Gasteiger partial charge on any atom is -0.393 e. The van der Waals surface area contributed by atoms with E-state index in [9.17, 15) is 9.90 Å². The van der Waals surface area contributed by atoms with Crippen molar-refractivity contribution in [3.8, 4) is 0 Å². The molecule has 2 heterocycles. The van der Waals surface area contributed by atoms with Gasteiger partial charge < -0.3 is 15.1 Å². The Morgan fingerprint density at radius 2 is 2.23 bits per heavy atom. The molecule has 0 saturated heterocycles. The quantitative estimate of drug-likeness (QED) is 0.818. The summed E-state index contributed by atoms with van der Waals surface area (Å²) in [6, 6.07) is 1.79. The molecular formula is C16H23N3O3. The van der Waals surface area contributed by atoms with E-state index < -0.39 is 6.10 Å². The number of carbonyl (C=O) groups excluding carboxylic acids is 1. The summed E-state index contributed by atoms with van der Waals surface area (Å²) in [4.78, 5) is 14.4. The molecule has 120 valence electrons. The molecule has 1 amide bonds. The minimum absolute atomic E-state index is 0.173. The Kier molecular flexibility index (Phi) is 4.59. The molecule has 0 bridgehead atoms. The van der Waals surface area contributed by atoms with Crippen LogP contribution in [0.5, 0.6) is 0 Å². The number of aliphatic hydroxyl groups excluding tert-OH is 2. The molecule has 6 heteroatoms. The summed E-state index contributed by atoms with van der Waals surface area (Å²) in [5.74, 6) is 0.173. The van der Waals surface area contributed by atoms with Crippen LogP contribution in [-0.4, -0.2) is 44.0 Å². The standard InChI is InChI=1S/C16H23N3O3/c20-11-15(21)14-9-13-10-18(6-3-7-19(13)17-14)16(22)8-12-4-1-2-5-12/h4,9,15,20-21H,1-3,5-8,10-11H2. The second-order valence-corrected chi connectivity index (χ2v) is 6.08. The van der Waals surface area contributed by atoms with Crippen molar-refractivity contribution in [2.45, 2.75) is 51.3 Å². The number of aryl methyl sites for hydroxylation is 1. The maximum atomic E-state index is 12.5. The van der Waals surface area contributed by atoms with Crippen LogP contribution in [0.3, 0.4) is 0 Å². The molecule has 0 radical (unpaired) electrons. The number of hydrogen-bond acceptors (Lipinski definition) is 4. The topological polar surface area (TPSA) is 78.6 Å². The molecular weight excluding hydrogens is 282 g/mol. The van der Waals surface area contributed by atoms with Crippen molar-refractivity contribution in [1.82, 2.24) is 14.7 Å². The van der Waals surface area contributed by atoms with Gasteiger partial charge in [-0.3, -0.25) is 9.48 Å². The summed E-state index contributed by atoms with van der Waals surface area (Å²) in [6.07, 6.45) is 5.93. The fourth-order valence-corrected chi connectivity index (χ4v) is 3.16. The van der Waals surface area contributed by atoms with E-state index in [1.54, 1.807) is 6.07 Å². The molecule has 22 heavy (non-hydrogen) atoms. The van der Waals surface area contributed by atoms with Crippen LogP contribution in [-0.2, 0) is 17.9 Å². The normalized spacial score (nSPS) is 19.5. The highest BCUT2D eigenvalue weighted by atomic mass is 16.3. The maximum Gasteiger partial charge on any atom is 0.227 e. The minimum atomic E-state index is -0.952. The second-order valence-electron chi connectivity index (χ2n) is 6.08. The number of rotatable bonds is 4. The first-order valence-electron chi connectivity index (χ1n) is 7.98. The van der Waals surface area contributed by atoms with Crippen LogP contribution < -0.4 is 0 Å². The van der Waals surface area contributed by atoms with Crippen molar-refractivity contribution in [1.29, 1.82) is 0 Å². The van der Waals surface area contributed by atoms with Crippen molar-refractivity contribution in [2.75, 3.05) is 13.2 Å². The van der Waals surface area contributed by atoms with Gasteiger partial charge in [0.1, 0.15) is 6.10 Å². The first-order valence-corrected chi connectivity index (χ1v) is 7.98. The molecule has 3 rings (SSSR count). The van der Waals surface area contributed by atoms with Crippen LogP contribution >= 0.6 is 0 Å². The SMILES string of the molecule is O=C(CC1=CCCC1)N1CCCn2nc(C(O)CO)cc2C1. The molecule has 6 nitrogen and oxygen atoms in total. The van der Waals surface area contributed by atoms with Gasteiger partial charge in [0.2, 0.25) is 5.91 Å². The number of carbonyl (C=O) groups is 1. The largest absolute Gasteiger partial charge is 0.393 e. The van der Waals surface area contributed by atoms with Gasteiger partial charge in [-0.2, -0.15) is 5.10 Å². The Bertz CT molecular complexity index is 579. The van der Waals surface area contributed by atoms with Gasteiger partial charge in [0.05, 0.1) is 24.5 Å². The number of aliphatic hydroxyl groups is 2. The van der Waals surface area contributed by atoms with Crippen molar-refractivity contribution < 1.29 is 15.0 Å². The van der Waals surface area contributed by atoms with Gasteiger partial charge in [-0.05, 0) is 31.7 Å². The summed E-state index contributed by atoms with van der Waals surface area (Å²) in [6.45, 7) is 1.66. The first-order chi connectivity index (χ1) is 10.7. The van der Waals surface area contributed by atoms with Gasteiger partial charge in [0.15, 0.2) is 0 Å². The molecule has 0 aromatic carbocycles. The van der Waals surface area contributed by atoms with Crippen molar-refractivity contribution >= 4 is 5.91 Å². The van der Waals surface area contributed by atoms with E-state index in [-0.39, 0.29) is 12.5 Å². The van der Waals surface area contributed by atoms with Crippen molar-refractivity contribution in [2.24, 2.45) is 0 Å². The Hall–Kier alpha value is -1.66. The molecule has 1 aliphatic heterocycles. The summed E-state index contributed by atoms with van der Waals surface area (Å²) < 4.78 is 1.84. The lowest BCUT2D eigenvalue weighted by Crippen LogP contribution is -2.30. The zero-order valence-corrected chi connectivity index (χ0v) is 12.7. The fourth-order valence-electron chi connectivity index (χ4n) is 3.16. The van der Waals surface area contributed by atoms with Crippen LogP contribution in [0.1, 0.15) is 49.6 Å². The van der Waals surface area contributed by atoms with Gasteiger partial charge in [0, 0.05) is 19.5 Å². The Labute approximate surface area is 130 Å². The fraction of sp³-hybridized carbons (Fsp3) is 0.625. The van der Waals surface area contributed by atoms with Crippen LogP contribution in [0.15, 0.2) is 17.7 Å². The van der Waals surface area contributed by atoms with Crippen molar-refractivity contribution in [3.05, 3.63) is 29.1 Å². The number of aromatic nitrogens is 2. The van der Waals surface area contributed by atoms with Crippen LogP contribution in [0, 0.1) is 0 Å². The van der Waals surface area contributed by atoms with Crippen LogP contribution in [0.25, 0.3) is 0 Å². The highest BCUT2D eigenvalue weighted by Crippen LogP contribution is 2.23. The molecule has 1 unspecified atom stereocenters. The summed E-state index contributed by atoms with van der Waals surface area (Å²) >= 11 is 0. The van der Waals surface area contributed by atoms with Gasteiger partial charge in [0.25, 0.3) is 0 Å². The van der Waals surface area contributed by atoms with E-state index in [1.807, 2.05) is 9.58 Å². The Morgan fingerprint density at radius 3 is 2.95 bits per heavy atom. The molecule has 1 atom stereocenters. The van der Waals surface area contributed by atoms with E-state index in [0.29, 0.717) is 18.7 Å². The summed E-state index contributed by atoms with van der Waals surface area (Å²) in [5.41, 5.74) is 2.66. The number of allylic oxidation sites excluding steroid dienone is 1. The van der Waals surface area contributed by atoms with Gasteiger partial charge >= 0.3 is 0 Å². The van der Waals surface area contributed by atoms with E-state index >= 15 is 0 Å². The Morgan fingerprint density at radius 1 is 1.36 bits per heavy atom. The van der Waals surface area contributed by atoms with Gasteiger partial charge in [-0.25, -0.2) is 0 Å². The molecule has 2 aliphatic rings. The van der Waals surface area contributed by atoms with E-state index in [1.165, 1.54) is 5.57 Å². The van der Waals surface area contributed by atoms with E-state index in [4.69, 9.17) is 5.11 Å². The Balaban J connectivity index is 1.70. The molecule has 0 fully saturated rings. The molecule has 1 aromatic rings. The monoisotopic (exact) mass is 305 g/mol. The lowest BCUT2D eigenvalue weighted by molar-refractivity contribution is -0.131. The average molecular weight is 305 g/mol. The van der Waals surface area contributed by atoms with Crippen molar-refractivity contribution in [3.63, 3.8) is 0 Å². The zero-order chi connectivity index (χ0) is 15.5. The first kappa shape index (κ1) is 15.2. The van der Waals surface area contributed by atoms with Crippen LogP contribution in [0.2, 0.25) is 0 Å². The summed E-state index contributed by atoms with van der Waals surface area (Å²) in [5, 5.41) is 23.1. The highest BCUT2D eigenvalue weighted by Gasteiger charge is 2.23. The van der Waals surface area contributed by atoms with E-state index in [0.717, 1.165) is 44.5 Å². The lowest BCUT2D eigenvalue weighted by Gasteiger charge is -2.20. The zero-order valence-electron chi connectivity index (χ0n) is 12.7. The third kappa shape index (κ3) is 3.23. The average Bonchev–Trinajstić information content (AvgIpc) is 3.12. The predicted molar refractivity (Wildman–Crippen MR) is 80.9 cm³/mol. The number of nitrogens with zero attached hydrogens (tertiary/aromatic N) is 3. The number of amides is 1. The number of hydrogen-bond donors (Lipinski definition) is 2. The third-order valence-corrected chi connectivity index (χ3v) is 4.41. The number of fused-ring (bicyclic) bond motifs is 1. The molecule has 2 N–H and O–H groups in total. The van der Waals surface area contributed by atoms with E-state index in [2.05, 4.69) is 11.2 Å².